The first-order chi connectivity index (χ1) is 6.48. The first kappa shape index (κ1) is 13.4. The minimum Gasteiger partial charge on any atom is -0.481 e. The summed E-state index contributed by atoms with van der Waals surface area (Å²) in [6.07, 6.45) is 3.07. The largest absolute Gasteiger partial charge is 0.481 e. The molecule has 0 spiro atoms. The van der Waals surface area contributed by atoms with Gasteiger partial charge in [0.2, 0.25) is 0 Å². The molecule has 0 aromatic heterocycles. The second-order valence-electron chi connectivity index (χ2n) is 3.29. The minimum absolute atomic E-state index is 0.181. The summed E-state index contributed by atoms with van der Waals surface area (Å²) in [6, 6.07) is 0. The van der Waals surface area contributed by atoms with Crippen LogP contribution in [0.2, 0.25) is 0 Å². The van der Waals surface area contributed by atoms with Crippen LogP contribution in [0.3, 0.4) is 0 Å². The third-order valence-electron chi connectivity index (χ3n) is 2.04. The SMILES string of the molecule is CCS(=O)(=O)CCCCCCC(=O)O. The highest BCUT2D eigenvalue weighted by molar-refractivity contribution is 7.91. The van der Waals surface area contributed by atoms with Crippen LogP contribution in [0.15, 0.2) is 0 Å². The fraction of sp³-hybridized carbons (Fsp3) is 0.889. The van der Waals surface area contributed by atoms with Crippen molar-refractivity contribution in [3.63, 3.8) is 0 Å². The smallest absolute Gasteiger partial charge is 0.303 e. The van der Waals surface area contributed by atoms with Crippen molar-refractivity contribution >= 4 is 15.8 Å². The van der Waals surface area contributed by atoms with Crippen LogP contribution in [0, 0.1) is 0 Å². The van der Waals surface area contributed by atoms with E-state index in [9.17, 15) is 13.2 Å². The van der Waals surface area contributed by atoms with Gasteiger partial charge in [0.05, 0.1) is 5.75 Å². The molecule has 14 heavy (non-hydrogen) atoms. The van der Waals surface area contributed by atoms with Crippen molar-refractivity contribution < 1.29 is 18.3 Å². The van der Waals surface area contributed by atoms with E-state index in [2.05, 4.69) is 0 Å². The summed E-state index contributed by atoms with van der Waals surface area (Å²) < 4.78 is 22.1. The van der Waals surface area contributed by atoms with Crippen LogP contribution in [0.1, 0.15) is 39.0 Å². The van der Waals surface area contributed by atoms with E-state index in [1.165, 1.54) is 0 Å². The molecule has 0 saturated carbocycles. The highest BCUT2D eigenvalue weighted by Crippen LogP contribution is 2.05. The Bertz CT molecular complexity index is 256. The Morgan fingerprint density at radius 1 is 1.14 bits per heavy atom. The molecule has 0 aromatic carbocycles. The Balaban J connectivity index is 3.35. The molecular weight excluding hydrogens is 204 g/mol. The lowest BCUT2D eigenvalue weighted by molar-refractivity contribution is -0.137. The summed E-state index contributed by atoms with van der Waals surface area (Å²) in [5.41, 5.74) is 0. The fourth-order valence-corrected chi connectivity index (χ4v) is 2.03. The topological polar surface area (TPSA) is 71.4 Å². The summed E-state index contributed by atoms with van der Waals surface area (Å²) in [4.78, 5) is 10.1. The quantitative estimate of drug-likeness (QED) is 0.631. The molecule has 0 heterocycles. The predicted octanol–water partition coefficient (Wildman–Crippen LogP) is 1.46. The number of carbonyl (C=O) groups is 1. The van der Waals surface area contributed by atoms with Crippen LogP contribution in [-0.4, -0.2) is 31.0 Å². The molecule has 0 radical (unpaired) electrons. The molecule has 0 bridgehead atoms. The maximum absolute atomic E-state index is 11.0. The van der Waals surface area contributed by atoms with Gasteiger partial charge in [-0.25, -0.2) is 8.42 Å². The van der Waals surface area contributed by atoms with Gasteiger partial charge >= 0.3 is 5.97 Å². The summed E-state index contributed by atoms with van der Waals surface area (Å²) in [7, 11) is -2.84. The zero-order chi connectivity index (χ0) is 11.0. The average Bonchev–Trinajstić information content (AvgIpc) is 2.10. The number of hydrogen-bond acceptors (Lipinski definition) is 3. The summed E-state index contributed by atoms with van der Waals surface area (Å²) in [5.74, 6) is -0.357. The Morgan fingerprint density at radius 3 is 2.21 bits per heavy atom. The molecule has 0 rings (SSSR count). The van der Waals surface area contributed by atoms with Crippen LogP contribution >= 0.6 is 0 Å². The van der Waals surface area contributed by atoms with Gasteiger partial charge < -0.3 is 5.11 Å². The molecule has 0 aliphatic carbocycles. The molecule has 0 atom stereocenters. The van der Waals surface area contributed by atoms with Gasteiger partial charge in [-0.3, -0.25) is 4.79 Å². The molecule has 0 aliphatic heterocycles. The summed E-state index contributed by atoms with van der Waals surface area (Å²) in [5, 5.41) is 8.34. The highest BCUT2D eigenvalue weighted by Gasteiger charge is 2.06. The molecule has 0 aromatic rings. The van der Waals surface area contributed by atoms with Crippen molar-refractivity contribution in [3.8, 4) is 0 Å². The number of aliphatic carboxylic acids is 1. The van der Waals surface area contributed by atoms with Crippen molar-refractivity contribution in [2.75, 3.05) is 11.5 Å². The maximum atomic E-state index is 11.0. The summed E-state index contributed by atoms with van der Waals surface area (Å²) in [6.45, 7) is 1.64. The zero-order valence-corrected chi connectivity index (χ0v) is 9.35. The van der Waals surface area contributed by atoms with Gasteiger partial charge in [-0.15, -0.1) is 0 Å². The summed E-state index contributed by atoms with van der Waals surface area (Å²) >= 11 is 0. The van der Waals surface area contributed by atoms with Crippen LogP contribution in [0.25, 0.3) is 0 Å². The molecule has 84 valence electrons. The van der Waals surface area contributed by atoms with E-state index in [4.69, 9.17) is 5.11 Å². The minimum atomic E-state index is -2.84. The van der Waals surface area contributed by atoms with E-state index in [0.29, 0.717) is 12.8 Å². The first-order valence-electron chi connectivity index (χ1n) is 4.90. The van der Waals surface area contributed by atoms with Gasteiger partial charge in [0.25, 0.3) is 0 Å². The molecule has 0 saturated heterocycles. The third-order valence-corrected chi connectivity index (χ3v) is 3.83. The van der Waals surface area contributed by atoms with Gasteiger partial charge in [0.15, 0.2) is 0 Å². The van der Waals surface area contributed by atoms with Crippen LogP contribution in [-0.2, 0) is 14.6 Å². The predicted molar refractivity (Wildman–Crippen MR) is 55.0 cm³/mol. The number of rotatable bonds is 8. The number of sulfone groups is 1. The third kappa shape index (κ3) is 8.04. The lowest BCUT2D eigenvalue weighted by Crippen LogP contribution is -2.08. The van der Waals surface area contributed by atoms with E-state index in [1.807, 2.05) is 0 Å². The maximum Gasteiger partial charge on any atom is 0.303 e. The molecule has 0 aliphatic rings. The van der Waals surface area contributed by atoms with Gasteiger partial charge in [-0.1, -0.05) is 19.8 Å². The molecule has 0 amide bonds. The highest BCUT2D eigenvalue weighted by atomic mass is 32.2. The van der Waals surface area contributed by atoms with Gasteiger partial charge in [-0.05, 0) is 12.8 Å². The molecule has 4 nitrogen and oxygen atoms in total. The molecule has 0 unspecified atom stereocenters. The van der Waals surface area contributed by atoms with Crippen molar-refractivity contribution in [2.45, 2.75) is 39.0 Å². The van der Waals surface area contributed by atoms with E-state index in [-0.39, 0.29) is 17.9 Å². The average molecular weight is 222 g/mol. The Kier molecular flexibility index (Phi) is 6.53. The molecule has 0 fully saturated rings. The number of unbranched alkanes of at least 4 members (excludes halogenated alkanes) is 3. The van der Waals surface area contributed by atoms with Gasteiger partial charge in [0, 0.05) is 12.2 Å². The first-order valence-corrected chi connectivity index (χ1v) is 6.72. The zero-order valence-electron chi connectivity index (χ0n) is 8.53. The molecular formula is C9H18O4S. The van der Waals surface area contributed by atoms with Crippen molar-refractivity contribution in [3.05, 3.63) is 0 Å². The number of carboxylic acid groups (broad SMARTS) is 1. The lowest BCUT2D eigenvalue weighted by Gasteiger charge is -2.00. The van der Waals surface area contributed by atoms with Crippen molar-refractivity contribution in [1.29, 1.82) is 0 Å². The molecule has 5 heteroatoms. The number of carboxylic acids is 1. The van der Waals surface area contributed by atoms with E-state index in [1.54, 1.807) is 6.92 Å². The van der Waals surface area contributed by atoms with E-state index < -0.39 is 15.8 Å². The Morgan fingerprint density at radius 2 is 1.71 bits per heavy atom. The lowest BCUT2D eigenvalue weighted by atomic mass is 10.2. The second kappa shape index (κ2) is 6.81. The fourth-order valence-electron chi connectivity index (χ4n) is 1.10. The van der Waals surface area contributed by atoms with Gasteiger partial charge in [0.1, 0.15) is 9.84 Å². The Hall–Kier alpha value is -0.580. The Labute approximate surface area is 85.2 Å². The van der Waals surface area contributed by atoms with Gasteiger partial charge in [-0.2, -0.15) is 0 Å². The second-order valence-corrected chi connectivity index (χ2v) is 5.77. The van der Waals surface area contributed by atoms with Crippen LogP contribution in [0.4, 0.5) is 0 Å². The van der Waals surface area contributed by atoms with E-state index in [0.717, 1.165) is 12.8 Å². The normalized spacial score (nSPS) is 11.5. The molecule has 1 N–H and O–H groups in total. The van der Waals surface area contributed by atoms with Crippen molar-refractivity contribution in [2.24, 2.45) is 0 Å². The standard InChI is InChI=1S/C9H18O4S/c1-2-14(12,13)8-6-4-3-5-7-9(10)11/h2-8H2,1H3,(H,10,11). The van der Waals surface area contributed by atoms with Crippen LogP contribution < -0.4 is 0 Å². The van der Waals surface area contributed by atoms with Crippen molar-refractivity contribution in [1.82, 2.24) is 0 Å². The number of hydrogen-bond donors (Lipinski definition) is 1. The van der Waals surface area contributed by atoms with E-state index >= 15 is 0 Å². The monoisotopic (exact) mass is 222 g/mol. The van der Waals surface area contributed by atoms with Crippen LogP contribution in [0.5, 0.6) is 0 Å².